The number of nitrogen functional groups attached to an aromatic ring is 1. The monoisotopic (exact) mass is 430 g/mol. The summed E-state index contributed by atoms with van der Waals surface area (Å²) in [7, 11) is 0. The first-order chi connectivity index (χ1) is 15.7. The van der Waals surface area contributed by atoms with Crippen molar-refractivity contribution in [2.75, 3.05) is 32.0 Å². The molecule has 166 valence electrons. The number of likely N-dealkylation sites (tertiary alicyclic amines) is 1. The van der Waals surface area contributed by atoms with E-state index < -0.39 is 0 Å². The molecule has 1 saturated heterocycles. The second-order valence-corrected chi connectivity index (χ2v) is 8.52. The number of hydrogen-bond acceptors (Lipinski definition) is 6. The van der Waals surface area contributed by atoms with Gasteiger partial charge in [-0.25, -0.2) is 14.6 Å². The lowest BCUT2D eigenvalue weighted by Crippen LogP contribution is -2.34. The molecule has 2 aromatic carbocycles. The number of ether oxygens (including phenoxy) is 1. The number of fused-ring (bicyclic) bond motifs is 2. The molecule has 0 saturated carbocycles. The highest BCUT2D eigenvalue weighted by Crippen LogP contribution is 2.33. The minimum atomic E-state index is 0.476. The van der Waals surface area contributed by atoms with Gasteiger partial charge in [0.15, 0.2) is 5.65 Å². The van der Waals surface area contributed by atoms with E-state index in [0.29, 0.717) is 18.3 Å². The van der Waals surface area contributed by atoms with Crippen LogP contribution in [0.25, 0.3) is 33.1 Å². The highest BCUT2D eigenvalue weighted by molar-refractivity contribution is 6.00. The van der Waals surface area contributed by atoms with E-state index in [9.17, 15) is 0 Å². The zero-order valence-electron chi connectivity index (χ0n) is 18.8. The number of aromatic nitrogens is 4. The van der Waals surface area contributed by atoms with Crippen molar-refractivity contribution >= 4 is 27.6 Å². The van der Waals surface area contributed by atoms with Crippen LogP contribution in [-0.4, -0.2) is 50.9 Å². The second kappa shape index (κ2) is 8.74. The second-order valence-electron chi connectivity index (χ2n) is 8.52. The molecule has 2 aromatic heterocycles. The van der Waals surface area contributed by atoms with Crippen molar-refractivity contribution in [1.82, 2.24) is 24.6 Å². The summed E-state index contributed by atoms with van der Waals surface area (Å²) in [6.07, 6.45) is 3.90. The fourth-order valence-electron chi connectivity index (χ4n) is 4.72. The molecule has 1 aliphatic heterocycles. The van der Waals surface area contributed by atoms with Gasteiger partial charge in [0, 0.05) is 12.1 Å². The van der Waals surface area contributed by atoms with Gasteiger partial charge in [0.1, 0.15) is 23.6 Å². The summed E-state index contributed by atoms with van der Waals surface area (Å²) < 4.78 is 7.68. The summed E-state index contributed by atoms with van der Waals surface area (Å²) in [4.78, 5) is 11.3. The summed E-state index contributed by atoms with van der Waals surface area (Å²) in [6, 6.07) is 12.5. The van der Waals surface area contributed by atoms with Crippen LogP contribution in [0.3, 0.4) is 0 Å². The Bertz CT molecular complexity index is 1240. The molecule has 0 spiro atoms. The molecule has 7 nitrogen and oxygen atoms in total. The van der Waals surface area contributed by atoms with Crippen molar-refractivity contribution < 1.29 is 4.74 Å². The van der Waals surface area contributed by atoms with Gasteiger partial charge < -0.3 is 15.4 Å². The number of nitrogens with zero attached hydrogens (tertiary/aromatic N) is 5. The van der Waals surface area contributed by atoms with E-state index in [-0.39, 0.29) is 0 Å². The predicted octanol–water partition coefficient (Wildman–Crippen LogP) is 4.36. The minimum Gasteiger partial charge on any atom is -0.494 e. The summed E-state index contributed by atoms with van der Waals surface area (Å²) in [5.74, 6) is 1.96. The number of rotatable bonds is 6. The summed E-state index contributed by atoms with van der Waals surface area (Å²) in [6.45, 7) is 9.17. The summed E-state index contributed by atoms with van der Waals surface area (Å²) >= 11 is 0. The van der Waals surface area contributed by atoms with Crippen LogP contribution in [-0.2, 0) is 6.54 Å². The molecule has 3 heterocycles. The van der Waals surface area contributed by atoms with Crippen molar-refractivity contribution in [2.24, 2.45) is 5.92 Å². The summed E-state index contributed by atoms with van der Waals surface area (Å²) in [5, 5.41) is 8.11. The maximum atomic E-state index is 6.32. The fourth-order valence-corrected chi connectivity index (χ4v) is 4.72. The molecule has 2 N–H and O–H groups in total. The molecule has 0 bridgehead atoms. The van der Waals surface area contributed by atoms with Gasteiger partial charge in [-0.05, 0) is 74.3 Å². The van der Waals surface area contributed by atoms with E-state index in [0.717, 1.165) is 65.0 Å². The number of benzene rings is 2. The molecule has 7 heteroatoms. The van der Waals surface area contributed by atoms with Gasteiger partial charge in [-0.3, -0.25) is 0 Å². The minimum absolute atomic E-state index is 0.476. The van der Waals surface area contributed by atoms with Crippen molar-refractivity contribution in [2.45, 2.75) is 33.2 Å². The molecule has 1 aliphatic rings. The SMILES string of the molecule is CCOc1ccc2cc(-c3nn(CC4CCN(CC)CC4)c4ncnc(N)c34)ccc2c1. The van der Waals surface area contributed by atoms with Crippen molar-refractivity contribution in [1.29, 1.82) is 0 Å². The van der Waals surface area contributed by atoms with Gasteiger partial charge >= 0.3 is 0 Å². The van der Waals surface area contributed by atoms with Gasteiger partial charge in [0.25, 0.3) is 0 Å². The average molecular weight is 431 g/mol. The number of anilines is 1. The van der Waals surface area contributed by atoms with Crippen LogP contribution in [0.5, 0.6) is 5.75 Å². The Morgan fingerprint density at radius 1 is 1.03 bits per heavy atom. The van der Waals surface area contributed by atoms with Crippen LogP contribution < -0.4 is 10.5 Å². The van der Waals surface area contributed by atoms with Crippen LogP contribution in [0.1, 0.15) is 26.7 Å². The lowest BCUT2D eigenvalue weighted by Gasteiger charge is -2.30. The molecule has 0 unspecified atom stereocenters. The normalized spacial score (nSPS) is 15.6. The number of nitrogens with two attached hydrogens (primary N) is 1. The Labute approximate surface area is 188 Å². The molecule has 0 aliphatic carbocycles. The number of hydrogen-bond donors (Lipinski definition) is 1. The van der Waals surface area contributed by atoms with Crippen LogP contribution in [0.15, 0.2) is 42.7 Å². The van der Waals surface area contributed by atoms with E-state index in [4.69, 9.17) is 15.6 Å². The van der Waals surface area contributed by atoms with Crippen molar-refractivity contribution in [3.63, 3.8) is 0 Å². The van der Waals surface area contributed by atoms with Gasteiger partial charge in [-0.15, -0.1) is 0 Å². The molecule has 32 heavy (non-hydrogen) atoms. The third-order valence-electron chi connectivity index (χ3n) is 6.54. The lowest BCUT2D eigenvalue weighted by atomic mass is 9.97. The van der Waals surface area contributed by atoms with Gasteiger partial charge in [-0.2, -0.15) is 5.10 Å². The van der Waals surface area contributed by atoms with Gasteiger partial charge in [0.05, 0.1) is 12.0 Å². The van der Waals surface area contributed by atoms with E-state index in [1.165, 1.54) is 19.2 Å². The Kier molecular flexibility index (Phi) is 5.66. The third kappa shape index (κ3) is 3.88. The first-order valence-electron chi connectivity index (χ1n) is 11.5. The molecule has 0 atom stereocenters. The van der Waals surface area contributed by atoms with Crippen LogP contribution >= 0.6 is 0 Å². The lowest BCUT2D eigenvalue weighted by molar-refractivity contribution is 0.179. The Morgan fingerprint density at radius 2 is 1.81 bits per heavy atom. The molecular formula is C25H30N6O. The van der Waals surface area contributed by atoms with Crippen molar-refractivity contribution in [3.8, 4) is 17.0 Å². The smallest absolute Gasteiger partial charge is 0.163 e. The van der Waals surface area contributed by atoms with Gasteiger partial charge in [-0.1, -0.05) is 25.1 Å². The molecular weight excluding hydrogens is 400 g/mol. The van der Waals surface area contributed by atoms with E-state index in [1.807, 2.05) is 17.7 Å². The van der Waals surface area contributed by atoms with Crippen molar-refractivity contribution in [3.05, 3.63) is 42.7 Å². The number of piperidine rings is 1. The van der Waals surface area contributed by atoms with Crippen LogP contribution in [0.4, 0.5) is 5.82 Å². The molecule has 5 rings (SSSR count). The van der Waals surface area contributed by atoms with E-state index >= 15 is 0 Å². The first kappa shape index (κ1) is 20.7. The first-order valence-corrected chi connectivity index (χ1v) is 11.5. The summed E-state index contributed by atoms with van der Waals surface area (Å²) in [5.41, 5.74) is 9.00. The highest BCUT2D eigenvalue weighted by atomic mass is 16.5. The Morgan fingerprint density at radius 3 is 2.59 bits per heavy atom. The zero-order valence-corrected chi connectivity index (χ0v) is 18.8. The maximum Gasteiger partial charge on any atom is 0.163 e. The third-order valence-corrected chi connectivity index (χ3v) is 6.54. The highest BCUT2D eigenvalue weighted by Gasteiger charge is 2.22. The standard InChI is InChI=1S/C25H30N6O/c1-3-30-11-9-17(10-12-30)15-31-25-22(24(26)27-16-28-25)23(29-31)20-6-5-19-14-21(32-4-2)8-7-18(19)13-20/h5-8,13-14,16-17H,3-4,9-12,15H2,1-2H3,(H2,26,27,28). The van der Waals surface area contributed by atoms with Crippen LogP contribution in [0, 0.1) is 5.92 Å². The molecule has 0 radical (unpaired) electrons. The largest absolute Gasteiger partial charge is 0.494 e. The fraction of sp³-hybridized carbons (Fsp3) is 0.400. The average Bonchev–Trinajstić information content (AvgIpc) is 3.19. The predicted molar refractivity (Wildman–Crippen MR) is 129 cm³/mol. The maximum absolute atomic E-state index is 6.32. The Hall–Kier alpha value is -3.19. The molecule has 4 aromatic rings. The van der Waals surface area contributed by atoms with E-state index in [1.54, 1.807) is 0 Å². The zero-order chi connectivity index (χ0) is 22.1. The van der Waals surface area contributed by atoms with Gasteiger partial charge in [0.2, 0.25) is 0 Å². The Balaban J connectivity index is 1.52. The molecule has 1 fully saturated rings. The van der Waals surface area contributed by atoms with E-state index in [2.05, 4.69) is 52.1 Å². The quantitative estimate of drug-likeness (QED) is 0.489. The van der Waals surface area contributed by atoms with Crippen LogP contribution in [0.2, 0.25) is 0 Å². The molecule has 0 amide bonds. The topological polar surface area (TPSA) is 82.1 Å².